The summed E-state index contributed by atoms with van der Waals surface area (Å²) in [5.74, 6) is 5.73. The molecule has 0 bridgehead atoms. The molecule has 2 aromatic rings. The molecule has 19 heavy (non-hydrogen) atoms. The Balaban J connectivity index is 2.56. The minimum Gasteiger partial charge on any atom is -0.271 e. The predicted octanol–water partition coefficient (Wildman–Crippen LogP) is 4.73. The fourth-order valence-corrected chi connectivity index (χ4v) is 3.70. The third kappa shape index (κ3) is 3.20. The first-order chi connectivity index (χ1) is 9.04. The van der Waals surface area contributed by atoms with E-state index >= 15 is 0 Å². The number of rotatable bonds is 3. The van der Waals surface area contributed by atoms with Crippen LogP contribution in [0.3, 0.4) is 0 Å². The van der Waals surface area contributed by atoms with Crippen molar-refractivity contribution in [2.75, 3.05) is 0 Å². The van der Waals surface area contributed by atoms with Crippen LogP contribution in [0.15, 0.2) is 45.3 Å². The van der Waals surface area contributed by atoms with Crippen molar-refractivity contribution in [3.05, 3.63) is 67.1 Å². The van der Waals surface area contributed by atoms with Crippen LogP contribution in [0.4, 0.5) is 0 Å². The SMILES string of the molecule is Cc1ccc(C(NN)c2c(Cl)cccc2Br)c(Br)c1. The Hall–Kier alpha value is -0.390. The second-order valence-corrected chi connectivity index (χ2v) is 6.38. The van der Waals surface area contributed by atoms with Gasteiger partial charge in [0.15, 0.2) is 0 Å². The topological polar surface area (TPSA) is 38.0 Å². The molecule has 0 radical (unpaired) electrons. The highest BCUT2D eigenvalue weighted by Crippen LogP contribution is 2.36. The number of hydrazine groups is 1. The van der Waals surface area contributed by atoms with Gasteiger partial charge in [0.05, 0.1) is 6.04 Å². The average Bonchev–Trinajstić information content (AvgIpc) is 2.35. The Morgan fingerprint density at radius 3 is 2.47 bits per heavy atom. The van der Waals surface area contributed by atoms with Crippen LogP contribution < -0.4 is 11.3 Å². The van der Waals surface area contributed by atoms with Gasteiger partial charge < -0.3 is 0 Å². The van der Waals surface area contributed by atoms with E-state index in [9.17, 15) is 0 Å². The van der Waals surface area contributed by atoms with Gasteiger partial charge in [-0.3, -0.25) is 5.84 Å². The molecule has 2 aromatic carbocycles. The molecule has 0 saturated heterocycles. The van der Waals surface area contributed by atoms with Gasteiger partial charge in [-0.05, 0) is 36.2 Å². The second kappa shape index (κ2) is 6.37. The van der Waals surface area contributed by atoms with E-state index in [1.165, 1.54) is 5.56 Å². The summed E-state index contributed by atoms with van der Waals surface area (Å²) in [5.41, 5.74) is 5.99. The second-order valence-electron chi connectivity index (χ2n) is 4.26. The minimum absolute atomic E-state index is 0.182. The maximum Gasteiger partial charge on any atom is 0.0746 e. The first-order valence-electron chi connectivity index (χ1n) is 5.70. The molecular weight excluding hydrogens is 391 g/mol. The van der Waals surface area contributed by atoms with Crippen LogP contribution in [-0.4, -0.2) is 0 Å². The lowest BCUT2D eigenvalue weighted by atomic mass is 9.98. The lowest BCUT2D eigenvalue weighted by Gasteiger charge is -2.21. The quantitative estimate of drug-likeness (QED) is 0.574. The van der Waals surface area contributed by atoms with Gasteiger partial charge in [-0.25, -0.2) is 5.43 Å². The van der Waals surface area contributed by atoms with Gasteiger partial charge in [-0.2, -0.15) is 0 Å². The van der Waals surface area contributed by atoms with E-state index in [2.05, 4.69) is 49.4 Å². The van der Waals surface area contributed by atoms with Crippen LogP contribution >= 0.6 is 43.5 Å². The van der Waals surface area contributed by atoms with Gasteiger partial charge in [0.2, 0.25) is 0 Å². The number of benzene rings is 2. The van der Waals surface area contributed by atoms with Crippen LogP contribution in [0.25, 0.3) is 0 Å². The average molecular weight is 405 g/mol. The number of hydrogen-bond donors (Lipinski definition) is 2. The Morgan fingerprint density at radius 1 is 1.16 bits per heavy atom. The van der Waals surface area contributed by atoms with Crippen molar-refractivity contribution in [1.82, 2.24) is 5.43 Å². The van der Waals surface area contributed by atoms with Crippen molar-refractivity contribution in [1.29, 1.82) is 0 Å². The van der Waals surface area contributed by atoms with E-state index in [1.807, 2.05) is 31.2 Å². The first kappa shape index (κ1) is 15.0. The molecule has 0 saturated carbocycles. The molecule has 0 spiro atoms. The highest BCUT2D eigenvalue weighted by Gasteiger charge is 2.20. The Morgan fingerprint density at radius 2 is 1.89 bits per heavy atom. The third-order valence-electron chi connectivity index (χ3n) is 2.92. The molecule has 0 aliphatic heterocycles. The molecular formula is C14H13Br2ClN2. The Kier molecular flexibility index (Phi) is 5.03. The van der Waals surface area contributed by atoms with Gasteiger partial charge >= 0.3 is 0 Å². The van der Waals surface area contributed by atoms with Crippen molar-refractivity contribution in [2.24, 2.45) is 5.84 Å². The first-order valence-corrected chi connectivity index (χ1v) is 7.67. The van der Waals surface area contributed by atoms with Crippen LogP contribution in [0.5, 0.6) is 0 Å². The molecule has 1 unspecified atom stereocenters. The van der Waals surface area contributed by atoms with E-state index in [1.54, 1.807) is 0 Å². The zero-order valence-electron chi connectivity index (χ0n) is 10.3. The molecule has 0 aromatic heterocycles. The molecule has 1 atom stereocenters. The largest absolute Gasteiger partial charge is 0.271 e. The lowest BCUT2D eigenvalue weighted by Crippen LogP contribution is -2.29. The van der Waals surface area contributed by atoms with Crippen LogP contribution in [0.1, 0.15) is 22.7 Å². The van der Waals surface area contributed by atoms with Gasteiger partial charge in [0.1, 0.15) is 0 Å². The summed E-state index contributed by atoms with van der Waals surface area (Å²) < 4.78 is 1.93. The smallest absolute Gasteiger partial charge is 0.0746 e. The number of aryl methyl sites for hydroxylation is 1. The van der Waals surface area contributed by atoms with Crippen molar-refractivity contribution in [2.45, 2.75) is 13.0 Å². The maximum atomic E-state index is 6.30. The van der Waals surface area contributed by atoms with Crippen molar-refractivity contribution < 1.29 is 0 Å². The number of hydrogen-bond acceptors (Lipinski definition) is 2. The Bertz CT molecular complexity index is 582. The minimum atomic E-state index is -0.182. The fourth-order valence-electron chi connectivity index (χ4n) is 1.98. The number of nitrogens with two attached hydrogens (primary N) is 1. The maximum absolute atomic E-state index is 6.30. The number of nitrogens with one attached hydrogen (secondary N) is 1. The summed E-state index contributed by atoms with van der Waals surface area (Å²) in [6, 6.07) is 11.7. The van der Waals surface area contributed by atoms with Crippen LogP contribution in [0.2, 0.25) is 5.02 Å². The van der Waals surface area contributed by atoms with E-state index < -0.39 is 0 Å². The summed E-state index contributed by atoms with van der Waals surface area (Å²) in [6.07, 6.45) is 0. The Labute approximate surface area is 134 Å². The highest BCUT2D eigenvalue weighted by molar-refractivity contribution is 9.10. The van der Waals surface area contributed by atoms with Crippen molar-refractivity contribution in [3.63, 3.8) is 0 Å². The predicted molar refractivity (Wildman–Crippen MR) is 87.2 cm³/mol. The van der Waals surface area contributed by atoms with Crippen molar-refractivity contribution >= 4 is 43.5 Å². The van der Waals surface area contributed by atoms with E-state index in [4.69, 9.17) is 17.4 Å². The molecule has 0 heterocycles. The standard InChI is InChI=1S/C14H13Br2ClN2/c1-8-5-6-9(11(16)7-8)14(19-18)13-10(15)3-2-4-12(13)17/h2-7,14,19H,18H2,1H3. The summed E-state index contributed by atoms with van der Waals surface area (Å²) in [7, 11) is 0. The fraction of sp³-hybridized carbons (Fsp3) is 0.143. The molecule has 3 N–H and O–H groups in total. The van der Waals surface area contributed by atoms with E-state index in [-0.39, 0.29) is 6.04 Å². The normalized spacial score (nSPS) is 12.5. The van der Waals surface area contributed by atoms with Gasteiger partial charge in [-0.1, -0.05) is 61.7 Å². The van der Waals surface area contributed by atoms with Crippen LogP contribution in [0, 0.1) is 6.92 Å². The summed E-state index contributed by atoms with van der Waals surface area (Å²) in [5, 5.41) is 0.671. The van der Waals surface area contributed by atoms with Crippen molar-refractivity contribution in [3.8, 4) is 0 Å². The van der Waals surface area contributed by atoms with E-state index in [0.717, 1.165) is 20.1 Å². The molecule has 0 fully saturated rings. The summed E-state index contributed by atoms with van der Waals surface area (Å²) >= 11 is 13.4. The summed E-state index contributed by atoms with van der Waals surface area (Å²) in [4.78, 5) is 0. The van der Waals surface area contributed by atoms with Crippen LogP contribution in [-0.2, 0) is 0 Å². The third-order valence-corrected chi connectivity index (χ3v) is 4.63. The molecule has 100 valence electrons. The van der Waals surface area contributed by atoms with Gasteiger partial charge in [0, 0.05) is 19.5 Å². The molecule has 2 rings (SSSR count). The summed E-state index contributed by atoms with van der Waals surface area (Å²) in [6.45, 7) is 2.05. The highest BCUT2D eigenvalue weighted by atomic mass is 79.9. The number of halogens is 3. The van der Waals surface area contributed by atoms with Gasteiger partial charge in [0.25, 0.3) is 0 Å². The molecule has 0 aliphatic rings. The molecule has 0 aliphatic carbocycles. The van der Waals surface area contributed by atoms with E-state index in [0.29, 0.717) is 5.02 Å². The monoisotopic (exact) mass is 402 g/mol. The van der Waals surface area contributed by atoms with Gasteiger partial charge in [-0.15, -0.1) is 0 Å². The zero-order chi connectivity index (χ0) is 14.0. The molecule has 2 nitrogen and oxygen atoms in total. The lowest BCUT2D eigenvalue weighted by molar-refractivity contribution is 0.632. The zero-order valence-corrected chi connectivity index (χ0v) is 14.2. The molecule has 5 heteroatoms. The molecule has 0 amide bonds.